The number of ether oxygens (including phenoxy) is 2. The molecule has 0 saturated carbocycles. The zero-order valence-corrected chi connectivity index (χ0v) is 16.2. The summed E-state index contributed by atoms with van der Waals surface area (Å²) in [5, 5.41) is 0. The van der Waals surface area contributed by atoms with Crippen molar-refractivity contribution in [2.45, 2.75) is 11.6 Å². The van der Waals surface area contributed by atoms with Crippen LogP contribution in [0.2, 0.25) is 0 Å². The van der Waals surface area contributed by atoms with E-state index < -0.39 is 11.6 Å². The summed E-state index contributed by atoms with van der Waals surface area (Å²) in [6.07, 6.45) is -2.27. The molecule has 1 unspecified atom stereocenters. The predicted octanol–water partition coefficient (Wildman–Crippen LogP) is 6.61. The highest BCUT2D eigenvalue weighted by Gasteiger charge is 2.55. The largest absolute Gasteiger partial charge is 0.497 e. The maximum atomic E-state index is 14.6. The van der Waals surface area contributed by atoms with Gasteiger partial charge in [0.2, 0.25) is 0 Å². The van der Waals surface area contributed by atoms with Crippen molar-refractivity contribution in [3.63, 3.8) is 0 Å². The zero-order chi connectivity index (χ0) is 21.2. The molecule has 0 aromatic heterocycles. The molecule has 3 aromatic rings. The van der Waals surface area contributed by atoms with E-state index in [9.17, 15) is 13.2 Å². The van der Waals surface area contributed by atoms with Crippen molar-refractivity contribution >= 4 is 11.5 Å². The molecule has 0 saturated heterocycles. The third-order valence-corrected chi connectivity index (χ3v) is 5.09. The van der Waals surface area contributed by atoms with Gasteiger partial charge in [-0.15, -0.1) is 0 Å². The maximum absolute atomic E-state index is 14.6. The molecular weight excluding hydrogens is 389 g/mol. The summed E-state index contributed by atoms with van der Waals surface area (Å²) in [7, 11) is 1.53. The van der Waals surface area contributed by atoms with Gasteiger partial charge < -0.3 is 9.47 Å². The van der Waals surface area contributed by atoms with Crippen LogP contribution in [-0.2, 0) is 10.2 Å². The molecule has 1 aliphatic heterocycles. The van der Waals surface area contributed by atoms with Gasteiger partial charge in [0.05, 0.1) is 7.11 Å². The van der Waals surface area contributed by atoms with Crippen LogP contribution in [0.5, 0.6) is 5.75 Å². The first kappa shape index (κ1) is 19.8. The second-order valence-corrected chi connectivity index (χ2v) is 6.95. The Kier molecular flexibility index (Phi) is 5.12. The van der Waals surface area contributed by atoms with E-state index in [-0.39, 0.29) is 17.1 Å². The summed E-state index contributed by atoms with van der Waals surface area (Å²) in [4.78, 5) is 0. The van der Waals surface area contributed by atoms with Crippen LogP contribution in [0.15, 0.2) is 97.1 Å². The molecule has 1 heterocycles. The Bertz CT molecular complexity index is 1070. The highest BCUT2D eigenvalue weighted by molar-refractivity contribution is 5.76. The molecule has 0 N–H and O–H groups in total. The second kappa shape index (κ2) is 7.75. The molecule has 2 nitrogen and oxygen atoms in total. The van der Waals surface area contributed by atoms with Crippen LogP contribution in [-0.4, -0.2) is 13.3 Å². The standard InChI is InChI=1S/C25H19F3O2/c1-29-21-14-12-19(13-15-21)23-17-24(25(26,27)28,20-10-6-3-7-11-20)16-22(30-23)18-8-4-2-5-9-18/h2-17H,1H3. The third-order valence-electron chi connectivity index (χ3n) is 5.09. The normalized spacial score (nSPS) is 18.8. The molecule has 0 spiro atoms. The lowest BCUT2D eigenvalue weighted by Crippen LogP contribution is -2.40. The van der Waals surface area contributed by atoms with E-state index >= 15 is 0 Å². The Morgan fingerprint density at radius 3 is 1.70 bits per heavy atom. The Labute approximate surface area is 172 Å². The quantitative estimate of drug-likeness (QED) is 0.484. The number of halogens is 3. The lowest BCUT2D eigenvalue weighted by molar-refractivity contribution is -0.163. The monoisotopic (exact) mass is 408 g/mol. The van der Waals surface area contributed by atoms with E-state index in [1.165, 1.54) is 19.2 Å². The Hall–Kier alpha value is -3.47. The van der Waals surface area contributed by atoms with Crippen LogP contribution in [0.4, 0.5) is 13.2 Å². The molecule has 4 rings (SSSR count). The molecule has 0 fully saturated rings. The minimum absolute atomic E-state index is 0.125. The number of hydrogen-bond acceptors (Lipinski definition) is 2. The van der Waals surface area contributed by atoms with E-state index in [1.54, 1.807) is 72.8 Å². The van der Waals surface area contributed by atoms with Crippen molar-refractivity contribution < 1.29 is 22.6 Å². The van der Waals surface area contributed by atoms with Crippen molar-refractivity contribution in [1.82, 2.24) is 0 Å². The van der Waals surface area contributed by atoms with Crippen molar-refractivity contribution in [3.8, 4) is 5.75 Å². The van der Waals surface area contributed by atoms with Crippen molar-refractivity contribution in [2.75, 3.05) is 7.11 Å². The van der Waals surface area contributed by atoms with Gasteiger partial charge in [0.1, 0.15) is 22.7 Å². The first-order valence-corrected chi connectivity index (χ1v) is 9.39. The van der Waals surface area contributed by atoms with Crippen LogP contribution < -0.4 is 4.74 Å². The summed E-state index contributed by atoms with van der Waals surface area (Å²) < 4.78 is 55.0. The molecule has 30 heavy (non-hydrogen) atoms. The summed E-state index contributed by atoms with van der Waals surface area (Å²) >= 11 is 0. The fraction of sp³-hybridized carbons (Fsp3) is 0.120. The van der Waals surface area contributed by atoms with E-state index in [4.69, 9.17) is 9.47 Å². The van der Waals surface area contributed by atoms with Crippen LogP contribution >= 0.6 is 0 Å². The van der Waals surface area contributed by atoms with E-state index in [0.29, 0.717) is 16.9 Å². The lowest BCUT2D eigenvalue weighted by Gasteiger charge is -2.35. The van der Waals surface area contributed by atoms with Crippen molar-refractivity contribution in [3.05, 3.63) is 114 Å². The van der Waals surface area contributed by atoms with E-state index in [1.807, 2.05) is 0 Å². The molecule has 0 amide bonds. The smallest absolute Gasteiger partial charge is 0.405 e. The first-order valence-electron chi connectivity index (χ1n) is 9.39. The first-order chi connectivity index (χ1) is 14.4. The van der Waals surface area contributed by atoms with Crippen molar-refractivity contribution in [1.29, 1.82) is 0 Å². The number of alkyl halides is 3. The molecule has 5 heteroatoms. The SMILES string of the molecule is COc1ccc(C2=CC(c3ccccc3)(C(F)(F)F)C=C(c3ccccc3)O2)cc1. The Morgan fingerprint density at radius 2 is 1.20 bits per heavy atom. The molecule has 3 aromatic carbocycles. The van der Waals surface area contributed by atoms with Crippen LogP contribution in [0, 0.1) is 0 Å². The zero-order valence-electron chi connectivity index (χ0n) is 16.2. The van der Waals surface area contributed by atoms with Gasteiger partial charge in [-0.3, -0.25) is 0 Å². The molecule has 0 bridgehead atoms. The number of hydrogen-bond donors (Lipinski definition) is 0. The Balaban J connectivity index is 1.94. The van der Waals surface area contributed by atoms with Gasteiger partial charge in [0, 0.05) is 11.1 Å². The molecule has 152 valence electrons. The second-order valence-electron chi connectivity index (χ2n) is 6.95. The van der Waals surface area contributed by atoms with Crippen LogP contribution in [0.25, 0.3) is 11.5 Å². The topological polar surface area (TPSA) is 18.5 Å². The molecule has 1 aliphatic rings. The number of benzene rings is 3. The molecule has 1 atom stereocenters. The van der Waals surface area contributed by atoms with Crippen LogP contribution in [0.3, 0.4) is 0 Å². The average Bonchev–Trinajstić information content (AvgIpc) is 2.79. The fourth-order valence-corrected chi connectivity index (χ4v) is 3.48. The van der Waals surface area contributed by atoms with Crippen molar-refractivity contribution in [2.24, 2.45) is 0 Å². The van der Waals surface area contributed by atoms with Gasteiger partial charge in [0.25, 0.3) is 0 Å². The summed E-state index contributed by atoms with van der Waals surface area (Å²) in [6.45, 7) is 0. The molecular formula is C25H19F3O2. The predicted molar refractivity (Wildman–Crippen MR) is 111 cm³/mol. The van der Waals surface area contributed by atoms with Gasteiger partial charge in [-0.25, -0.2) is 0 Å². The third kappa shape index (κ3) is 3.59. The van der Waals surface area contributed by atoms with E-state index in [2.05, 4.69) is 0 Å². The number of rotatable bonds is 4. The average molecular weight is 408 g/mol. The van der Waals surface area contributed by atoms with Gasteiger partial charge in [0.15, 0.2) is 0 Å². The van der Waals surface area contributed by atoms with Crippen LogP contribution in [0.1, 0.15) is 16.7 Å². The summed E-state index contributed by atoms with van der Waals surface area (Å²) in [5.74, 6) is 0.907. The highest BCUT2D eigenvalue weighted by atomic mass is 19.4. The fourth-order valence-electron chi connectivity index (χ4n) is 3.48. The van der Waals surface area contributed by atoms with Gasteiger partial charge >= 0.3 is 6.18 Å². The van der Waals surface area contributed by atoms with E-state index in [0.717, 1.165) is 12.2 Å². The maximum Gasteiger partial charge on any atom is 0.405 e. The van der Waals surface area contributed by atoms with Gasteiger partial charge in [-0.05, 0) is 42.0 Å². The van der Waals surface area contributed by atoms with Gasteiger partial charge in [-0.1, -0.05) is 60.7 Å². The number of allylic oxidation sites excluding steroid dienone is 2. The minimum Gasteiger partial charge on any atom is -0.497 e. The summed E-state index contributed by atoms with van der Waals surface area (Å²) in [5.41, 5.74) is -1.10. The Morgan fingerprint density at radius 1 is 0.700 bits per heavy atom. The minimum atomic E-state index is -4.57. The summed E-state index contributed by atoms with van der Waals surface area (Å²) in [6, 6.07) is 23.4. The number of methoxy groups -OCH3 is 1. The van der Waals surface area contributed by atoms with Gasteiger partial charge in [-0.2, -0.15) is 13.2 Å². The lowest BCUT2D eigenvalue weighted by atomic mass is 9.76. The molecule has 0 aliphatic carbocycles. The molecule has 0 radical (unpaired) electrons. The highest BCUT2D eigenvalue weighted by Crippen LogP contribution is 2.50.